The van der Waals surface area contributed by atoms with Crippen LogP contribution < -0.4 is 16.4 Å². The fourth-order valence-electron chi connectivity index (χ4n) is 5.60. The zero-order chi connectivity index (χ0) is 24.9. The van der Waals surface area contributed by atoms with Crippen LogP contribution in [0.4, 0.5) is 4.79 Å². The largest absolute Gasteiger partial charge is 0.443 e. The average Bonchev–Trinajstić information content (AvgIpc) is 3.55. The van der Waals surface area contributed by atoms with E-state index in [1.165, 1.54) is 5.57 Å². The minimum absolute atomic E-state index is 0.00330. The lowest BCUT2D eigenvalue weighted by molar-refractivity contribution is -0.172. The zero-order valence-corrected chi connectivity index (χ0v) is 21.4. The summed E-state index contributed by atoms with van der Waals surface area (Å²) in [7, 11) is 1.66. The number of carbonyl (C=O) groups is 2. The molecule has 194 valence electrons. The van der Waals surface area contributed by atoms with Gasteiger partial charge in [0.15, 0.2) is 0 Å². The van der Waals surface area contributed by atoms with Gasteiger partial charge < -0.3 is 35.3 Å². The molecular weight excluding hydrogens is 438 g/mol. The molecule has 9 nitrogen and oxygen atoms in total. The van der Waals surface area contributed by atoms with Crippen LogP contribution in [0.1, 0.15) is 66.2 Å². The van der Waals surface area contributed by atoms with E-state index in [0.29, 0.717) is 19.6 Å². The number of nitrogens with one attached hydrogen (secondary N) is 2. The normalized spacial score (nSPS) is 33.2. The van der Waals surface area contributed by atoms with Crippen molar-refractivity contribution in [1.82, 2.24) is 10.6 Å². The van der Waals surface area contributed by atoms with Crippen LogP contribution in [-0.2, 0) is 23.7 Å². The molecule has 9 heteroatoms. The van der Waals surface area contributed by atoms with Crippen LogP contribution in [-0.4, -0.2) is 74.4 Å². The summed E-state index contributed by atoms with van der Waals surface area (Å²) >= 11 is 0. The van der Waals surface area contributed by atoms with Gasteiger partial charge in [0, 0.05) is 25.1 Å². The van der Waals surface area contributed by atoms with E-state index >= 15 is 0 Å². The van der Waals surface area contributed by atoms with Crippen LogP contribution in [0.15, 0.2) is 11.6 Å². The van der Waals surface area contributed by atoms with Gasteiger partial charge in [-0.15, -0.1) is 0 Å². The van der Waals surface area contributed by atoms with Crippen LogP contribution in [0.25, 0.3) is 0 Å². The van der Waals surface area contributed by atoms with Crippen LogP contribution in [0.3, 0.4) is 0 Å². The molecule has 0 radical (unpaired) electrons. The molecule has 34 heavy (non-hydrogen) atoms. The van der Waals surface area contributed by atoms with Crippen molar-refractivity contribution >= 4 is 12.0 Å². The Morgan fingerprint density at radius 2 is 1.74 bits per heavy atom. The number of epoxide rings is 1. The number of ether oxygens (including phenoxy) is 4. The monoisotopic (exact) mass is 481 g/mol. The molecule has 3 rings (SSSR count). The van der Waals surface area contributed by atoms with E-state index in [9.17, 15) is 9.59 Å². The highest BCUT2D eigenvalue weighted by atomic mass is 16.6. The SMILES string of the molecule is COC1C(OC(=O)N[C@H]2CC[C@H](NC(=O)CN)CC2)CCC2(CO2)C1C(C)(C)OCC=C(C)C. The van der Waals surface area contributed by atoms with E-state index < -0.39 is 11.7 Å². The van der Waals surface area contributed by atoms with Crippen LogP contribution in [0.2, 0.25) is 0 Å². The summed E-state index contributed by atoms with van der Waals surface area (Å²) < 4.78 is 24.1. The second-order valence-electron chi connectivity index (χ2n) is 10.7. The molecule has 0 aromatic rings. The van der Waals surface area contributed by atoms with Crippen molar-refractivity contribution < 1.29 is 28.5 Å². The third-order valence-electron chi connectivity index (χ3n) is 7.46. The molecule has 4 N–H and O–H groups in total. The number of nitrogens with two attached hydrogens (primary N) is 1. The minimum Gasteiger partial charge on any atom is -0.443 e. The number of methoxy groups -OCH3 is 1. The average molecular weight is 482 g/mol. The predicted molar refractivity (Wildman–Crippen MR) is 128 cm³/mol. The number of rotatable bonds is 9. The van der Waals surface area contributed by atoms with Gasteiger partial charge >= 0.3 is 6.09 Å². The van der Waals surface area contributed by atoms with Crippen molar-refractivity contribution in [3.8, 4) is 0 Å². The molecule has 2 saturated carbocycles. The van der Waals surface area contributed by atoms with E-state index in [1.54, 1.807) is 7.11 Å². The second-order valence-corrected chi connectivity index (χ2v) is 10.7. The molecular formula is C25H43N3O6. The smallest absolute Gasteiger partial charge is 0.407 e. The molecule has 0 aromatic carbocycles. The number of amides is 2. The first kappa shape index (κ1) is 26.9. The third kappa shape index (κ3) is 6.71. The van der Waals surface area contributed by atoms with E-state index in [4.69, 9.17) is 24.7 Å². The van der Waals surface area contributed by atoms with Crippen LogP contribution in [0, 0.1) is 5.92 Å². The highest BCUT2D eigenvalue weighted by Gasteiger charge is 2.64. The summed E-state index contributed by atoms with van der Waals surface area (Å²) in [6.45, 7) is 9.41. The Hall–Kier alpha value is -1.68. The van der Waals surface area contributed by atoms with E-state index in [-0.39, 0.29) is 48.3 Å². The Bertz CT molecular complexity index is 739. The van der Waals surface area contributed by atoms with Crippen LogP contribution in [0.5, 0.6) is 0 Å². The molecule has 0 bridgehead atoms. The molecule has 1 heterocycles. The first-order valence-electron chi connectivity index (χ1n) is 12.5. The number of alkyl carbamates (subject to hydrolysis) is 1. The van der Waals surface area contributed by atoms with Gasteiger partial charge in [-0.2, -0.15) is 0 Å². The molecule has 1 spiro atoms. The fourth-order valence-corrected chi connectivity index (χ4v) is 5.60. The van der Waals surface area contributed by atoms with Gasteiger partial charge in [0.1, 0.15) is 12.2 Å². The maximum Gasteiger partial charge on any atom is 0.407 e. The molecule has 4 unspecified atom stereocenters. The zero-order valence-electron chi connectivity index (χ0n) is 21.4. The molecule has 4 atom stereocenters. The molecule has 3 aliphatic rings. The Morgan fingerprint density at radius 1 is 1.12 bits per heavy atom. The lowest BCUT2D eigenvalue weighted by atomic mass is 9.68. The van der Waals surface area contributed by atoms with Crippen molar-refractivity contribution in [3.05, 3.63) is 11.6 Å². The first-order valence-corrected chi connectivity index (χ1v) is 12.5. The van der Waals surface area contributed by atoms with Gasteiger partial charge in [-0.25, -0.2) is 4.79 Å². The van der Waals surface area contributed by atoms with Gasteiger partial charge in [-0.1, -0.05) is 11.6 Å². The molecule has 1 saturated heterocycles. The van der Waals surface area contributed by atoms with Crippen molar-refractivity contribution in [1.29, 1.82) is 0 Å². The third-order valence-corrected chi connectivity index (χ3v) is 7.46. The Kier molecular flexibility index (Phi) is 9.00. The number of allylic oxidation sites excluding steroid dienone is 1. The fraction of sp³-hybridized carbons (Fsp3) is 0.840. The van der Waals surface area contributed by atoms with E-state index in [2.05, 4.69) is 30.6 Å². The summed E-state index contributed by atoms with van der Waals surface area (Å²) in [4.78, 5) is 24.3. The van der Waals surface area contributed by atoms with Crippen LogP contribution >= 0.6 is 0 Å². The standard InChI is InChI=1S/C25H43N3O6/c1-16(2)11-13-32-24(3,4)22-21(31-5)19(10-12-25(22)15-33-25)34-23(30)28-18-8-6-17(7-9-18)27-20(29)14-26/h11,17-19,21-22H,6-10,12-15,26H2,1-5H3,(H,27,29)(H,28,30)/t17-,18-,19?,21?,22?,25?. The van der Waals surface area contributed by atoms with Gasteiger partial charge in [-0.3, -0.25) is 4.79 Å². The second kappa shape index (κ2) is 11.4. The summed E-state index contributed by atoms with van der Waals surface area (Å²) in [5.74, 6) is -0.206. The summed E-state index contributed by atoms with van der Waals surface area (Å²) in [6.07, 6.45) is 5.60. The molecule has 2 aliphatic carbocycles. The summed E-state index contributed by atoms with van der Waals surface area (Å²) in [6, 6.07) is 0.145. The van der Waals surface area contributed by atoms with E-state index in [0.717, 1.165) is 32.1 Å². The minimum atomic E-state index is -0.520. The molecule has 1 aliphatic heterocycles. The molecule has 3 fully saturated rings. The molecule has 0 aromatic heterocycles. The van der Waals surface area contributed by atoms with Crippen molar-refractivity contribution in [3.63, 3.8) is 0 Å². The summed E-state index contributed by atoms with van der Waals surface area (Å²) in [5, 5.41) is 5.93. The van der Waals surface area contributed by atoms with Crippen molar-refractivity contribution in [2.45, 2.75) is 102 Å². The maximum atomic E-state index is 12.8. The van der Waals surface area contributed by atoms with Crippen molar-refractivity contribution in [2.24, 2.45) is 11.7 Å². The topological polar surface area (TPSA) is 124 Å². The van der Waals surface area contributed by atoms with E-state index in [1.807, 2.05) is 13.8 Å². The maximum absolute atomic E-state index is 12.8. The quantitative estimate of drug-likeness (QED) is 0.341. The highest BCUT2D eigenvalue weighted by Crippen LogP contribution is 2.52. The number of hydrogen-bond donors (Lipinski definition) is 3. The Morgan fingerprint density at radius 3 is 2.26 bits per heavy atom. The lowest BCUT2D eigenvalue weighted by Gasteiger charge is -2.47. The Labute approximate surface area is 203 Å². The molecule has 2 amide bonds. The van der Waals surface area contributed by atoms with Gasteiger partial charge in [-0.05, 0) is 66.2 Å². The van der Waals surface area contributed by atoms with Gasteiger partial charge in [0.25, 0.3) is 0 Å². The first-order chi connectivity index (χ1) is 16.1. The van der Waals surface area contributed by atoms with Gasteiger partial charge in [0.2, 0.25) is 5.91 Å². The predicted octanol–water partition coefficient (Wildman–Crippen LogP) is 2.42. The number of hydrogen-bond acceptors (Lipinski definition) is 7. The summed E-state index contributed by atoms with van der Waals surface area (Å²) in [5.41, 5.74) is 5.78. The highest BCUT2D eigenvalue weighted by molar-refractivity contribution is 5.78. The van der Waals surface area contributed by atoms with Crippen molar-refractivity contribution in [2.75, 3.05) is 26.9 Å². The van der Waals surface area contributed by atoms with Gasteiger partial charge in [0.05, 0.1) is 31.0 Å². The lowest BCUT2D eigenvalue weighted by Crippen LogP contribution is -2.59. The number of carbonyl (C=O) groups excluding carboxylic acids is 2. The Balaban J connectivity index is 1.56.